The maximum atomic E-state index is 5.57. The minimum Gasteiger partial charge on any atom is -0.271 e. The van der Waals surface area contributed by atoms with Crippen LogP contribution in [0.4, 0.5) is 0 Å². The quantitative estimate of drug-likeness (QED) is 0.571. The first-order valence-corrected chi connectivity index (χ1v) is 5.68. The zero-order chi connectivity index (χ0) is 10.7. The van der Waals surface area contributed by atoms with Crippen LogP contribution in [-0.2, 0) is 0 Å². The normalized spacial score (nSPS) is 17.7. The lowest BCUT2D eigenvalue weighted by Gasteiger charge is -2.15. The number of pyridine rings is 1. The topological polar surface area (TPSA) is 50.9 Å². The highest BCUT2D eigenvalue weighted by Gasteiger charge is 2.23. The molecule has 1 aliphatic rings. The van der Waals surface area contributed by atoms with E-state index in [-0.39, 0.29) is 6.04 Å². The lowest BCUT2D eigenvalue weighted by Crippen LogP contribution is -2.28. The van der Waals surface area contributed by atoms with Crippen molar-refractivity contribution in [1.29, 1.82) is 0 Å². The largest absolute Gasteiger partial charge is 0.271 e. The number of hydrogen-bond donors (Lipinski definition) is 2. The second-order valence-electron chi connectivity index (χ2n) is 4.50. The van der Waals surface area contributed by atoms with E-state index >= 15 is 0 Å². The number of aromatic nitrogens is 1. The van der Waals surface area contributed by atoms with Crippen LogP contribution in [0.15, 0.2) is 18.3 Å². The van der Waals surface area contributed by atoms with Crippen LogP contribution in [0.2, 0.25) is 0 Å². The van der Waals surface area contributed by atoms with Gasteiger partial charge in [0.15, 0.2) is 0 Å². The van der Waals surface area contributed by atoms with Crippen molar-refractivity contribution in [3.05, 3.63) is 29.6 Å². The average molecular weight is 205 g/mol. The average Bonchev–Trinajstić information content (AvgIpc) is 3.03. The molecular weight excluding hydrogens is 186 g/mol. The standard InChI is InChI=1S/C12H19N3/c1-9-6-7-14-12(8-9)11(15-13)5-4-10-2-3-10/h6-8,10-11,15H,2-5,13H2,1H3. The van der Waals surface area contributed by atoms with Crippen molar-refractivity contribution >= 4 is 0 Å². The number of nitrogens with one attached hydrogen (secondary N) is 1. The van der Waals surface area contributed by atoms with Crippen LogP contribution in [0.3, 0.4) is 0 Å². The number of hydrazine groups is 1. The molecule has 1 atom stereocenters. The second kappa shape index (κ2) is 4.73. The zero-order valence-corrected chi connectivity index (χ0v) is 9.24. The third-order valence-corrected chi connectivity index (χ3v) is 3.06. The molecule has 1 saturated carbocycles. The molecule has 0 spiro atoms. The van der Waals surface area contributed by atoms with E-state index in [1.165, 1.54) is 24.8 Å². The summed E-state index contributed by atoms with van der Waals surface area (Å²) in [6, 6.07) is 4.33. The van der Waals surface area contributed by atoms with Gasteiger partial charge in [-0.05, 0) is 43.4 Å². The van der Waals surface area contributed by atoms with Crippen molar-refractivity contribution in [1.82, 2.24) is 10.4 Å². The molecule has 0 bridgehead atoms. The summed E-state index contributed by atoms with van der Waals surface area (Å²) in [5, 5.41) is 0. The van der Waals surface area contributed by atoms with E-state index in [2.05, 4.69) is 23.4 Å². The summed E-state index contributed by atoms with van der Waals surface area (Å²) in [5.41, 5.74) is 5.18. The predicted molar refractivity (Wildman–Crippen MR) is 61.0 cm³/mol. The molecule has 1 unspecified atom stereocenters. The van der Waals surface area contributed by atoms with Gasteiger partial charge < -0.3 is 0 Å². The van der Waals surface area contributed by atoms with Gasteiger partial charge in [-0.1, -0.05) is 12.8 Å². The maximum absolute atomic E-state index is 5.57. The van der Waals surface area contributed by atoms with Gasteiger partial charge in [-0.25, -0.2) is 0 Å². The van der Waals surface area contributed by atoms with Crippen LogP contribution in [-0.4, -0.2) is 4.98 Å². The van der Waals surface area contributed by atoms with Gasteiger partial charge in [-0.2, -0.15) is 0 Å². The number of nitrogens with zero attached hydrogens (tertiary/aromatic N) is 1. The van der Waals surface area contributed by atoms with Crippen molar-refractivity contribution in [2.45, 2.75) is 38.6 Å². The summed E-state index contributed by atoms with van der Waals surface area (Å²) in [5.74, 6) is 6.52. The van der Waals surface area contributed by atoms with Crippen molar-refractivity contribution < 1.29 is 0 Å². The molecule has 0 aromatic carbocycles. The molecule has 1 aromatic heterocycles. The molecule has 2 rings (SSSR count). The highest BCUT2D eigenvalue weighted by molar-refractivity contribution is 5.17. The fourth-order valence-electron chi connectivity index (χ4n) is 1.88. The molecule has 1 heterocycles. The smallest absolute Gasteiger partial charge is 0.0632 e. The van der Waals surface area contributed by atoms with E-state index < -0.39 is 0 Å². The third-order valence-electron chi connectivity index (χ3n) is 3.06. The summed E-state index contributed by atoms with van der Waals surface area (Å²) < 4.78 is 0. The maximum Gasteiger partial charge on any atom is 0.0632 e. The molecular formula is C12H19N3. The Morgan fingerprint density at radius 2 is 2.40 bits per heavy atom. The van der Waals surface area contributed by atoms with Crippen molar-refractivity contribution in [2.24, 2.45) is 11.8 Å². The molecule has 0 saturated heterocycles. The highest BCUT2D eigenvalue weighted by atomic mass is 15.2. The Labute approximate surface area is 91.1 Å². The fraction of sp³-hybridized carbons (Fsp3) is 0.583. The SMILES string of the molecule is Cc1ccnc(C(CCC2CC2)NN)c1. The minimum absolute atomic E-state index is 0.213. The van der Waals surface area contributed by atoms with Crippen LogP contribution >= 0.6 is 0 Å². The highest BCUT2D eigenvalue weighted by Crippen LogP contribution is 2.35. The van der Waals surface area contributed by atoms with Gasteiger partial charge in [0, 0.05) is 6.20 Å². The fourth-order valence-corrected chi connectivity index (χ4v) is 1.88. The summed E-state index contributed by atoms with van der Waals surface area (Å²) in [6.07, 6.45) is 7.02. The van der Waals surface area contributed by atoms with E-state index in [1.807, 2.05) is 12.3 Å². The van der Waals surface area contributed by atoms with Gasteiger partial charge in [0.2, 0.25) is 0 Å². The molecule has 3 nitrogen and oxygen atoms in total. The Morgan fingerprint density at radius 1 is 1.60 bits per heavy atom. The molecule has 82 valence electrons. The number of rotatable bonds is 5. The molecule has 0 amide bonds. The summed E-state index contributed by atoms with van der Waals surface area (Å²) in [7, 11) is 0. The molecule has 3 N–H and O–H groups in total. The van der Waals surface area contributed by atoms with Crippen LogP contribution in [0.25, 0.3) is 0 Å². The number of aryl methyl sites for hydroxylation is 1. The van der Waals surface area contributed by atoms with Gasteiger partial charge >= 0.3 is 0 Å². The van der Waals surface area contributed by atoms with Crippen molar-refractivity contribution in [3.63, 3.8) is 0 Å². The van der Waals surface area contributed by atoms with Crippen LogP contribution in [0.1, 0.15) is 43.0 Å². The minimum atomic E-state index is 0.213. The van der Waals surface area contributed by atoms with Gasteiger partial charge in [-0.15, -0.1) is 0 Å². The Morgan fingerprint density at radius 3 is 3.00 bits per heavy atom. The van der Waals surface area contributed by atoms with Gasteiger partial charge in [-0.3, -0.25) is 16.3 Å². The Hall–Kier alpha value is -0.930. The van der Waals surface area contributed by atoms with Gasteiger partial charge in [0.25, 0.3) is 0 Å². The second-order valence-corrected chi connectivity index (χ2v) is 4.50. The van der Waals surface area contributed by atoms with Gasteiger partial charge in [0.05, 0.1) is 11.7 Å². The van der Waals surface area contributed by atoms with Crippen LogP contribution in [0.5, 0.6) is 0 Å². The third kappa shape index (κ3) is 3.01. The van der Waals surface area contributed by atoms with Crippen LogP contribution < -0.4 is 11.3 Å². The first kappa shape index (κ1) is 10.6. The zero-order valence-electron chi connectivity index (χ0n) is 9.24. The lowest BCUT2D eigenvalue weighted by atomic mass is 10.0. The van der Waals surface area contributed by atoms with E-state index in [4.69, 9.17) is 5.84 Å². The predicted octanol–water partition coefficient (Wildman–Crippen LogP) is 2.08. The number of nitrogens with two attached hydrogens (primary N) is 1. The van der Waals surface area contributed by atoms with E-state index in [9.17, 15) is 0 Å². The molecule has 1 aliphatic carbocycles. The molecule has 15 heavy (non-hydrogen) atoms. The molecule has 0 radical (unpaired) electrons. The van der Waals surface area contributed by atoms with Crippen LogP contribution in [0, 0.1) is 12.8 Å². The van der Waals surface area contributed by atoms with Gasteiger partial charge in [0.1, 0.15) is 0 Å². The Balaban J connectivity index is 1.97. The van der Waals surface area contributed by atoms with Crippen molar-refractivity contribution in [2.75, 3.05) is 0 Å². The molecule has 0 aliphatic heterocycles. The summed E-state index contributed by atoms with van der Waals surface area (Å²) in [4.78, 5) is 4.37. The molecule has 1 fully saturated rings. The number of hydrogen-bond acceptors (Lipinski definition) is 3. The Bertz CT molecular complexity index is 320. The monoisotopic (exact) mass is 205 g/mol. The summed E-state index contributed by atoms with van der Waals surface area (Å²) in [6.45, 7) is 2.08. The van der Waals surface area contributed by atoms with E-state index in [0.29, 0.717) is 0 Å². The lowest BCUT2D eigenvalue weighted by molar-refractivity contribution is 0.472. The first-order chi connectivity index (χ1) is 7.29. The van der Waals surface area contributed by atoms with Crippen molar-refractivity contribution in [3.8, 4) is 0 Å². The molecule has 1 aromatic rings. The first-order valence-electron chi connectivity index (χ1n) is 5.68. The summed E-state index contributed by atoms with van der Waals surface area (Å²) >= 11 is 0. The Kier molecular flexibility index (Phi) is 3.34. The molecule has 3 heteroatoms. The van der Waals surface area contributed by atoms with E-state index in [1.54, 1.807) is 0 Å². The van der Waals surface area contributed by atoms with E-state index in [0.717, 1.165) is 18.0 Å².